The summed E-state index contributed by atoms with van der Waals surface area (Å²) in [5, 5.41) is 6.94. The van der Waals surface area contributed by atoms with Crippen LogP contribution >= 0.6 is 0 Å². The van der Waals surface area contributed by atoms with E-state index in [1.807, 2.05) is 0 Å². The third kappa shape index (κ3) is 2.99. The molecule has 0 atom stereocenters. The molecule has 2 aromatic heterocycles. The number of nitrogens with one attached hydrogen (secondary N) is 2. The summed E-state index contributed by atoms with van der Waals surface area (Å²) in [7, 11) is -1.23. The first-order valence-electron chi connectivity index (χ1n) is 7.28. The van der Waals surface area contributed by atoms with Crippen molar-refractivity contribution in [3.05, 3.63) is 41.9 Å². The molecule has 10 nitrogen and oxygen atoms in total. The van der Waals surface area contributed by atoms with Crippen LogP contribution in [0.5, 0.6) is 0 Å². The van der Waals surface area contributed by atoms with Gasteiger partial charge in [-0.25, -0.2) is 13.2 Å². The molecule has 3 rings (SSSR count). The number of aromatic amines is 1. The van der Waals surface area contributed by atoms with E-state index in [4.69, 9.17) is 5.73 Å². The quantitative estimate of drug-likeness (QED) is 0.554. The van der Waals surface area contributed by atoms with Crippen LogP contribution in [-0.2, 0) is 21.8 Å². The van der Waals surface area contributed by atoms with Gasteiger partial charge in [0.05, 0.1) is 12.6 Å². The first-order chi connectivity index (χ1) is 12.2. The Morgan fingerprint density at radius 3 is 2.65 bits per heavy atom. The molecular weight excluding hydrogens is 362 g/mol. The van der Waals surface area contributed by atoms with E-state index < -0.39 is 21.9 Å². The summed E-state index contributed by atoms with van der Waals surface area (Å²) in [5.74, 6) is -1.39. The lowest BCUT2D eigenvalue weighted by Crippen LogP contribution is -2.14. The smallest absolute Gasteiger partial charge is 0.359 e. The Balaban J connectivity index is 1.98. The van der Waals surface area contributed by atoms with Gasteiger partial charge in [-0.05, 0) is 24.3 Å². The van der Waals surface area contributed by atoms with E-state index in [9.17, 15) is 18.0 Å². The second-order valence-electron chi connectivity index (χ2n) is 5.47. The number of carbonyl (C=O) groups is 2. The molecule has 1 aromatic carbocycles. The minimum Gasteiger partial charge on any atom is -0.464 e. The number of hydrogen-bond donors (Lipinski definition) is 3. The average Bonchev–Trinajstić information content (AvgIpc) is 3.17. The van der Waals surface area contributed by atoms with Crippen molar-refractivity contribution in [3.63, 3.8) is 0 Å². The molecule has 0 saturated carbocycles. The fourth-order valence-electron chi connectivity index (χ4n) is 2.47. The zero-order valence-electron chi connectivity index (χ0n) is 13.8. The van der Waals surface area contributed by atoms with Gasteiger partial charge in [-0.1, -0.05) is 0 Å². The van der Waals surface area contributed by atoms with Gasteiger partial charge >= 0.3 is 5.97 Å². The van der Waals surface area contributed by atoms with Crippen molar-refractivity contribution in [2.24, 2.45) is 12.8 Å². The molecule has 26 heavy (non-hydrogen) atoms. The number of methoxy groups -OCH3 is 1. The number of rotatable bonds is 5. The molecule has 0 fully saturated rings. The number of sulfonamides is 1. The Bertz CT molecular complexity index is 1130. The average molecular weight is 377 g/mol. The molecule has 0 radical (unpaired) electrons. The standard InChI is InChI=1S/C15H15N5O5S/c1-20-7-9(6-12(20)14(16)21)26(23,24)19-8-3-4-11-10(5-8)13(18-17-11)15(22)25-2/h3-7,19H,1-2H3,(H2,16,21)(H,17,18). The summed E-state index contributed by atoms with van der Waals surface area (Å²) in [5.41, 5.74) is 6.06. The zero-order valence-corrected chi connectivity index (χ0v) is 14.6. The summed E-state index contributed by atoms with van der Waals surface area (Å²) < 4.78 is 33.5. The lowest BCUT2D eigenvalue weighted by atomic mass is 10.2. The minimum absolute atomic E-state index is 0.0410. The zero-order chi connectivity index (χ0) is 19.1. The maximum Gasteiger partial charge on any atom is 0.359 e. The van der Waals surface area contributed by atoms with Gasteiger partial charge < -0.3 is 15.0 Å². The van der Waals surface area contributed by atoms with Crippen molar-refractivity contribution in [2.75, 3.05) is 11.8 Å². The number of aromatic nitrogens is 3. The fraction of sp³-hybridized carbons (Fsp3) is 0.133. The molecule has 4 N–H and O–H groups in total. The summed E-state index contributed by atoms with van der Waals surface area (Å²) in [4.78, 5) is 22.9. The van der Waals surface area contributed by atoms with E-state index in [0.29, 0.717) is 10.9 Å². The normalized spacial score (nSPS) is 11.5. The molecule has 0 bridgehead atoms. The summed E-state index contributed by atoms with van der Waals surface area (Å²) >= 11 is 0. The number of hydrogen-bond acceptors (Lipinski definition) is 6. The van der Waals surface area contributed by atoms with Crippen molar-refractivity contribution in [3.8, 4) is 0 Å². The van der Waals surface area contributed by atoms with E-state index in [-0.39, 0.29) is 22.0 Å². The molecule has 136 valence electrons. The van der Waals surface area contributed by atoms with E-state index in [1.165, 1.54) is 43.1 Å². The molecule has 0 spiro atoms. The van der Waals surface area contributed by atoms with Crippen LogP contribution in [0.15, 0.2) is 35.4 Å². The highest BCUT2D eigenvalue weighted by Gasteiger charge is 2.21. The van der Waals surface area contributed by atoms with Gasteiger partial charge in [-0.3, -0.25) is 14.6 Å². The second kappa shape index (κ2) is 6.19. The van der Waals surface area contributed by atoms with Crippen molar-refractivity contribution < 1.29 is 22.7 Å². The van der Waals surface area contributed by atoms with Crippen molar-refractivity contribution >= 4 is 38.5 Å². The Kier molecular flexibility index (Phi) is 4.16. The van der Waals surface area contributed by atoms with Crippen LogP contribution in [0.25, 0.3) is 10.9 Å². The van der Waals surface area contributed by atoms with Gasteiger partial charge in [0.25, 0.3) is 15.9 Å². The van der Waals surface area contributed by atoms with Gasteiger partial charge in [0.15, 0.2) is 5.69 Å². The van der Waals surface area contributed by atoms with Gasteiger partial charge in [0, 0.05) is 24.3 Å². The molecule has 0 aliphatic carbocycles. The van der Waals surface area contributed by atoms with Crippen LogP contribution in [0.4, 0.5) is 5.69 Å². The van der Waals surface area contributed by atoms with Gasteiger partial charge in [0.1, 0.15) is 10.6 Å². The number of amides is 1. The van der Waals surface area contributed by atoms with Crippen LogP contribution < -0.4 is 10.5 Å². The topological polar surface area (TPSA) is 149 Å². The summed E-state index contributed by atoms with van der Waals surface area (Å²) in [6, 6.07) is 5.73. The third-order valence-electron chi connectivity index (χ3n) is 3.74. The highest BCUT2D eigenvalue weighted by molar-refractivity contribution is 7.92. The monoisotopic (exact) mass is 377 g/mol. The maximum absolute atomic E-state index is 12.5. The summed E-state index contributed by atoms with van der Waals surface area (Å²) in [6.07, 6.45) is 1.28. The number of primary amides is 1. The number of aryl methyl sites for hydroxylation is 1. The van der Waals surface area contributed by atoms with Crippen LogP contribution in [0.1, 0.15) is 21.0 Å². The second-order valence-corrected chi connectivity index (χ2v) is 7.15. The molecule has 2 heterocycles. The van der Waals surface area contributed by atoms with Crippen molar-refractivity contribution in [1.82, 2.24) is 14.8 Å². The van der Waals surface area contributed by atoms with E-state index in [0.717, 1.165) is 0 Å². The first-order valence-corrected chi connectivity index (χ1v) is 8.76. The fourth-order valence-corrected chi connectivity index (χ4v) is 3.59. The molecular formula is C15H15N5O5S. The maximum atomic E-state index is 12.5. The Morgan fingerprint density at radius 2 is 2.04 bits per heavy atom. The number of nitrogens with two attached hydrogens (primary N) is 1. The molecule has 0 saturated heterocycles. The first kappa shape index (κ1) is 17.5. The SMILES string of the molecule is COC(=O)c1n[nH]c2ccc(NS(=O)(=O)c3cc(C(N)=O)n(C)c3)cc12. The molecule has 0 aliphatic rings. The number of carbonyl (C=O) groups excluding carboxylic acids is 2. The van der Waals surface area contributed by atoms with Crippen LogP contribution in [-0.4, -0.2) is 42.2 Å². The van der Waals surface area contributed by atoms with E-state index in [1.54, 1.807) is 6.07 Å². The Labute approximate surface area is 148 Å². The Morgan fingerprint density at radius 1 is 1.31 bits per heavy atom. The van der Waals surface area contributed by atoms with Crippen molar-refractivity contribution in [1.29, 1.82) is 0 Å². The number of anilines is 1. The molecule has 11 heteroatoms. The molecule has 0 aliphatic heterocycles. The van der Waals surface area contributed by atoms with Crippen LogP contribution in [0.2, 0.25) is 0 Å². The van der Waals surface area contributed by atoms with Gasteiger partial charge in [-0.15, -0.1) is 0 Å². The predicted molar refractivity (Wildman–Crippen MR) is 92.2 cm³/mol. The largest absolute Gasteiger partial charge is 0.464 e. The number of fused-ring (bicyclic) bond motifs is 1. The van der Waals surface area contributed by atoms with Crippen LogP contribution in [0.3, 0.4) is 0 Å². The highest BCUT2D eigenvalue weighted by Crippen LogP contribution is 2.24. The van der Waals surface area contributed by atoms with Gasteiger partial charge in [-0.2, -0.15) is 5.10 Å². The third-order valence-corrected chi connectivity index (χ3v) is 5.08. The van der Waals surface area contributed by atoms with E-state index in [2.05, 4.69) is 19.7 Å². The molecule has 1 amide bonds. The summed E-state index contributed by atoms with van der Waals surface area (Å²) in [6.45, 7) is 0. The van der Waals surface area contributed by atoms with Crippen molar-refractivity contribution in [2.45, 2.75) is 4.90 Å². The number of ether oxygens (including phenoxy) is 1. The Hall–Kier alpha value is -3.34. The predicted octanol–water partition coefficient (Wildman–Crippen LogP) is 0.588. The molecule has 0 unspecified atom stereocenters. The number of benzene rings is 1. The lowest BCUT2D eigenvalue weighted by Gasteiger charge is -2.06. The molecule has 3 aromatic rings. The number of esters is 1. The number of H-pyrrole nitrogens is 1. The van der Waals surface area contributed by atoms with Crippen LogP contribution in [0, 0.1) is 0 Å². The van der Waals surface area contributed by atoms with Gasteiger partial charge in [0.2, 0.25) is 0 Å². The highest BCUT2D eigenvalue weighted by atomic mass is 32.2. The van der Waals surface area contributed by atoms with E-state index >= 15 is 0 Å². The minimum atomic E-state index is -3.96. The number of nitrogens with zero attached hydrogens (tertiary/aromatic N) is 2. The lowest BCUT2D eigenvalue weighted by molar-refractivity contribution is 0.0596.